The molecule has 1 aliphatic carbocycles. The first-order chi connectivity index (χ1) is 7.04. The molecule has 3 unspecified atom stereocenters. The van der Waals surface area contributed by atoms with Gasteiger partial charge in [-0.05, 0) is 25.2 Å². The zero-order valence-corrected chi connectivity index (χ0v) is 9.79. The van der Waals surface area contributed by atoms with E-state index in [-0.39, 0.29) is 17.8 Å². The number of rotatable bonds is 3. The monoisotopic (exact) mass is 212 g/mol. The zero-order chi connectivity index (χ0) is 11.4. The van der Waals surface area contributed by atoms with Crippen molar-refractivity contribution in [3.8, 4) is 0 Å². The molecule has 1 aliphatic rings. The fourth-order valence-corrected chi connectivity index (χ4v) is 2.47. The Balaban J connectivity index is 2.45. The lowest BCUT2D eigenvalue weighted by Crippen LogP contribution is -2.31. The van der Waals surface area contributed by atoms with E-state index in [0.717, 1.165) is 12.8 Å². The Hall–Kier alpha value is -0.860. The second-order valence-corrected chi connectivity index (χ2v) is 4.69. The highest BCUT2D eigenvalue weighted by Gasteiger charge is 2.31. The summed E-state index contributed by atoms with van der Waals surface area (Å²) in [5, 5.41) is 0. The van der Waals surface area contributed by atoms with Crippen LogP contribution >= 0.6 is 0 Å². The van der Waals surface area contributed by atoms with Gasteiger partial charge in [-0.1, -0.05) is 13.8 Å². The van der Waals surface area contributed by atoms with Crippen LogP contribution in [-0.2, 0) is 14.3 Å². The lowest BCUT2D eigenvalue weighted by Gasteiger charge is -2.29. The predicted octanol–water partition coefficient (Wildman–Crippen LogP) is 2.19. The van der Waals surface area contributed by atoms with Crippen LogP contribution in [-0.4, -0.2) is 18.9 Å². The Morgan fingerprint density at radius 1 is 1.40 bits per heavy atom. The Morgan fingerprint density at radius 2 is 2.07 bits per heavy atom. The largest absolute Gasteiger partial charge is 0.469 e. The molecule has 3 heteroatoms. The smallest absolute Gasteiger partial charge is 0.305 e. The third kappa shape index (κ3) is 3.33. The van der Waals surface area contributed by atoms with E-state index in [0.29, 0.717) is 24.5 Å². The van der Waals surface area contributed by atoms with Crippen LogP contribution in [0, 0.1) is 17.8 Å². The number of carbonyl (C=O) groups excluding carboxylic acids is 2. The summed E-state index contributed by atoms with van der Waals surface area (Å²) in [7, 11) is 1.39. The third-order valence-electron chi connectivity index (χ3n) is 3.26. The Bertz CT molecular complexity index is 247. The molecule has 0 saturated heterocycles. The van der Waals surface area contributed by atoms with Crippen LogP contribution in [0.1, 0.15) is 39.5 Å². The van der Waals surface area contributed by atoms with Gasteiger partial charge in [0, 0.05) is 18.3 Å². The van der Waals surface area contributed by atoms with Gasteiger partial charge in [0.15, 0.2) is 0 Å². The van der Waals surface area contributed by atoms with Crippen molar-refractivity contribution in [2.75, 3.05) is 7.11 Å². The highest BCUT2D eigenvalue weighted by molar-refractivity contribution is 5.84. The molecule has 3 atom stereocenters. The van der Waals surface area contributed by atoms with Crippen LogP contribution in [0.4, 0.5) is 0 Å². The molecule has 0 radical (unpaired) electrons. The molecule has 86 valence electrons. The molecule has 3 nitrogen and oxygen atoms in total. The average Bonchev–Trinajstić information content (AvgIpc) is 2.20. The number of ketones is 1. The van der Waals surface area contributed by atoms with Gasteiger partial charge in [0.2, 0.25) is 0 Å². The molecule has 0 aromatic carbocycles. The summed E-state index contributed by atoms with van der Waals surface area (Å²) in [6, 6.07) is 0. The SMILES string of the molecule is COC(=O)CCC1CC(C)CC(C)C1=O. The summed E-state index contributed by atoms with van der Waals surface area (Å²) in [5.74, 6) is 0.949. The summed E-state index contributed by atoms with van der Waals surface area (Å²) in [6.45, 7) is 4.16. The molecule has 0 aromatic rings. The summed E-state index contributed by atoms with van der Waals surface area (Å²) >= 11 is 0. The van der Waals surface area contributed by atoms with Crippen molar-refractivity contribution in [3.05, 3.63) is 0 Å². The maximum Gasteiger partial charge on any atom is 0.305 e. The number of hydrogen-bond donors (Lipinski definition) is 0. The molecule has 0 aliphatic heterocycles. The van der Waals surface area contributed by atoms with E-state index in [2.05, 4.69) is 11.7 Å². The van der Waals surface area contributed by atoms with E-state index in [1.54, 1.807) is 0 Å². The van der Waals surface area contributed by atoms with Gasteiger partial charge < -0.3 is 4.74 Å². The number of hydrogen-bond acceptors (Lipinski definition) is 3. The summed E-state index contributed by atoms with van der Waals surface area (Å²) in [5.41, 5.74) is 0. The van der Waals surface area contributed by atoms with Crippen LogP contribution in [0.25, 0.3) is 0 Å². The highest BCUT2D eigenvalue weighted by atomic mass is 16.5. The first kappa shape index (κ1) is 12.2. The molecule has 15 heavy (non-hydrogen) atoms. The van der Waals surface area contributed by atoms with Crippen LogP contribution < -0.4 is 0 Å². The van der Waals surface area contributed by atoms with Crippen molar-refractivity contribution < 1.29 is 14.3 Å². The standard InChI is InChI=1S/C12H20O3/c1-8-6-9(2)12(14)10(7-8)4-5-11(13)15-3/h8-10H,4-7H2,1-3H3. The fraction of sp³-hybridized carbons (Fsp3) is 0.833. The minimum Gasteiger partial charge on any atom is -0.469 e. The van der Waals surface area contributed by atoms with E-state index in [1.807, 2.05) is 6.92 Å². The molecule has 1 rings (SSSR count). The van der Waals surface area contributed by atoms with Crippen LogP contribution in [0.5, 0.6) is 0 Å². The maximum atomic E-state index is 11.8. The van der Waals surface area contributed by atoms with Gasteiger partial charge >= 0.3 is 5.97 Å². The molecule has 0 bridgehead atoms. The molecular weight excluding hydrogens is 192 g/mol. The van der Waals surface area contributed by atoms with Crippen LogP contribution in [0.15, 0.2) is 0 Å². The summed E-state index contributed by atoms with van der Waals surface area (Å²) in [4.78, 5) is 22.8. The third-order valence-corrected chi connectivity index (χ3v) is 3.26. The van der Waals surface area contributed by atoms with Gasteiger partial charge in [0.25, 0.3) is 0 Å². The molecule has 0 aromatic heterocycles. The van der Waals surface area contributed by atoms with Crippen molar-refractivity contribution >= 4 is 11.8 Å². The van der Waals surface area contributed by atoms with E-state index >= 15 is 0 Å². The van der Waals surface area contributed by atoms with Crippen molar-refractivity contribution in [1.82, 2.24) is 0 Å². The second-order valence-electron chi connectivity index (χ2n) is 4.69. The van der Waals surface area contributed by atoms with Gasteiger partial charge in [-0.25, -0.2) is 0 Å². The lowest BCUT2D eigenvalue weighted by atomic mass is 9.74. The van der Waals surface area contributed by atoms with E-state index in [1.165, 1.54) is 7.11 Å². The molecule has 1 saturated carbocycles. The predicted molar refractivity (Wildman–Crippen MR) is 57.3 cm³/mol. The zero-order valence-electron chi connectivity index (χ0n) is 9.79. The first-order valence-electron chi connectivity index (χ1n) is 5.65. The number of Topliss-reactive ketones (excluding diaryl/α,β-unsaturated/α-hetero) is 1. The first-order valence-corrected chi connectivity index (χ1v) is 5.65. The normalized spacial score (nSPS) is 31.4. The van der Waals surface area contributed by atoms with E-state index in [9.17, 15) is 9.59 Å². The summed E-state index contributed by atoms with van der Waals surface area (Å²) in [6.07, 6.45) is 2.94. The molecular formula is C12H20O3. The molecule has 0 spiro atoms. The summed E-state index contributed by atoms with van der Waals surface area (Å²) < 4.78 is 4.58. The molecule has 0 heterocycles. The Kier molecular flexibility index (Phi) is 4.30. The van der Waals surface area contributed by atoms with Gasteiger partial charge in [0.1, 0.15) is 5.78 Å². The minimum atomic E-state index is -0.214. The Morgan fingerprint density at radius 3 is 2.67 bits per heavy atom. The van der Waals surface area contributed by atoms with Crippen molar-refractivity contribution in [2.24, 2.45) is 17.8 Å². The van der Waals surface area contributed by atoms with Crippen molar-refractivity contribution in [3.63, 3.8) is 0 Å². The fourth-order valence-electron chi connectivity index (χ4n) is 2.47. The van der Waals surface area contributed by atoms with Crippen molar-refractivity contribution in [2.45, 2.75) is 39.5 Å². The quantitative estimate of drug-likeness (QED) is 0.673. The van der Waals surface area contributed by atoms with E-state index in [4.69, 9.17) is 0 Å². The Labute approximate surface area is 91.2 Å². The van der Waals surface area contributed by atoms with Gasteiger partial charge in [-0.2, -0.15) is 0 Å². The lowest BCUT2D eigenvalue weighted by molar-refractivity contribution is -0.141. The average molecular weight is 212 g/mol. The van der Waals surface area contributed by atoms with Crippen LogP contribution in [0.3, 0.4) is 0 Å². The topological polar surface area (TPSA) is 43.4 Å². The second kappa shape index (κ2) is 5.29. The maximum absolute atomic E-state index is 11.8. The number of esters is 1. The van der Waals surface area contributed by atoms with Gasteiger partial charge in [-0.15, -0.1) is 0 Å². The number of methoxy groups -OCH3 is 1. The number of carbonyl (C=O) groups is 2. The molecule has 1 fully saturated rings. The molecule has 0 N–H and O–H groups in total. The molecule has 0 amide bonds. The van der Waals surface area contributed by atoms with Gasteiger partial charge in [-0.3, -0.25) is 9.59 Å². The van der Waals surface area contributed by atoms with E-state index < -0.39 is 0 Å². The highest BCUT2D eigenvalue weighted by Crippen LogP contribution is 2.32. The van der Waals surface area contributed by atoms with Gasteiger partial charge in [0.05, 0.1) is 7.11 Å². The number of ether oxygens (including phenoxy) is 1. The minimum absolute atomic E-state index is 0.0721. The van der Waals surface area contributed by atoms with Crippen molar-refractivity contribution in [1.29, 1.82) is 0 Å². The van der Waals surface area contributed by atoms with Crippen LogP contribution in [0.2, 0.25) is 0 Å².